The standard InChI is InChI=1S/C15H21N3O2S/c1-10-9-21-15-13(10)14(16-11(2)17-15)18-7-12(8-18)20-6-4-5-19-3/h9,12H,4-8H2,1-3H3. The van der Waals surface area contributed by atoms with Gasteiger partial charge in [0.2, 0.25) is 0 Å². The van der Waals surface area contributed by atoms with Crippen molar-refractivity contribution in [2.45, 2.75) is 26.4 Å². The molecule has 3 rings (SSSR count). The largest absolute Gasteiger partial charge is 0.385 e. The summed E-state index contributed by atoms with van der Waals surface area (Å²) in [4.78, 5) is 12.5. The van der Waals surface area contributed by atoms with Crippen LogP contribution in [0.5, 0.6) is 0 Å². The normalized spacial score (nSPS) is 15.7. The van der Waals surface area contributed by atoms with E-state index in [1.165, 1.54) is 10.9 Å². The minimum absolute atomic E-state index is 0.311. The molecule has 1 saturated heterocycles. The van der Waals surface area contributed by atoms with Crippen molar-refractivity contribution >= 4 is 27.4 Å². The van der Waals surface area contributed by atoms with E-state index in [4.69, 9.17) is 9.47 Å². The Kier molecular flexibility index (Phi) is 4.37. The molecule has 6 heteroatoms. The quantitative estimate of drug-likeness (QED) is 0.768. The van der Waals surface area contributed by atoms with Gasteiger partial charge in [-0.3, -0.25) is 0 Å². The molecule has 1 aliphatic heterocycles. The highest BCUT2D eigenvalue weighted by Crippen LogP contribution is 2.33. The highest BCUT2D eigenvalue weighted by atomic mass is 32.1. The van der Waals surface area contributed by atoms with Crippen molar-refractivity contribution < 1.29 is 9.47 Å². The first-order valence-electron chi connectivity index (χ1n) is 7.27. The van der Waals surface area contributed by atoms with Gasteiger partial charge in [0.15, 0.2) is 0 Å². The van der Waals surface area contributed by atoms with Crippen LogP contribution in [0.15, 0.2) is 5.38 Å². The predicted octanol–water partition coefficient (Wildman–Crippen LogP) is 2.55. The number of hydrogen-bond acceptors (Lipinski definition) is 6. The number of rotatable bonds is 6. The van der Waals surface area contributed by atoms with E-state index in [2.05, 4.69) is 27.2 Å². The van der Waals surface area contributed by atoms with Gasteiger partial charge in [-0.25, -0.2) is 9.97 Å². The number of hydrogen-bond donors (Lipinski definition) is 0. The van der Waals surface area contributed by atoms with Crippen molar-refractivity contribution in [1.29, 1.82) is 0 Å². The molecule has 3 heterocycles. The Balaban J connectivity index is 1.65. The molecule has 114 valence electrons. The second-order valence-electron chi connectivity index (χ2n) is 5.44. The molecular weight excluding hydrogens is 286 g/mol. The summed E-state index contributed by atoms with van der Waals surface area (Å²) in [5.41, 5.74) is 1.26. The molecule has 0 unspecified atom stereocenters. The lowest BCUT2D eigenvalue weighted by molar-refractivity contribution is 0.0231. The van der Waals surface area contributed by atoms with E-state index in [1.807, 2.05) is 6.92 Å². The number of anilines is 1. The lowest BCUT2D eigenvalue weighted by atomic mass is 10.1. The second-order valence-corrected chi connectivity index (χ2v) is 6.30. The number of methoxy groups -OCH3 is 1. The number of thiophene rings is 1. The monoisotopic (exact) mass is 307 g/mol. The Morgan fingerprint density at radius 3 is 2.86 bits per heavy atom. The molecule has 1 aliphatic rings. The Bertz CT molecular complexity index is 623. The van der Waals surface area contributed by atoms with E-state index >= 15 is 0 Å². The molecule has 21 heavy (non-hydrogen) atoms. The van der Waals surface area contributed by atoms with E-state index in [-0.39, 0.29) is 0 Å². The van der Waals surface area contributed by atoms with Crippen LogP contribution in [0, 0.1) is 13.8 Å². The van der Waals surface area contributed by atoms with Gasteiger partial charge in [-0.15, -0.1) is 11.3 Å². The molecule has 0 saturated carbocycles. The third kappa shape index (κ3) is 3.02. The predicted molar refractivity (Wildman–Crippen MR) is 85.3 cm³/mol. The second kappa shape index (κ2) is 6.25. The Morgan fingerprint density at radius 1 is 1.29 bits per heavy atom. The molecule has 0 aromatic carbocycles. The molecule has 5 nitrogen and oxygen atoms in total. The Morgan fingerprint density at radius 2 is 2.10 bits per heavy atom. The zero-order valence-corrected chi connectivity index (χ0v) is 13.6. The summed E-state index contributed by atoms with van der Waals surface area (Å²) < 4.78 is 10.8. The van der Waals surface area contributed by atoms with Gasteiger partial charge in [-0.05, 0) is 31.2 Å². The van der Waals surface area contributed by atoms with Crippen LogP contribution in [0.4, 0.5) is 5.82 Å². The van der Waals surface area contributed by atoms with Crippen molar-refractivity contribution in [2.75, 3.05) is 38.3 Å². The zero-order chi connectivity index (χ0) is 14.8. The third-order valence-electron chi connectivity index (χ3n) is 3.70. The fraction of sp³-hybridized carbons (Fsp3) is 0.600. The van der Waals surface area contributed by atoms with Crippen LogP contribution >= 0.6 is 11.3 Å². The van der Waals surface area contributed by atoms with Gasteiger partial charge in [0.1, 0.15) is 16.5 Å². The maximum atomic E-state index is 5.82. The number of nitrogens with zero attached hydrogens (tertiary/aromatic N) is 3. The van der Waals surface area contributed by atoms with E-state index < -0.39 is 0 Å². The third-order valence-corrected chi connectivity index (χ3v) is 4.69. The molecule has 0 amide bonds. The van der Waals surface area contributed by atoms with E-state index in [0.717, 1.165) is 49.2 Å². The minimum atomic E-state index is 0.311. The molecule has 0 atom stereocenters. The van der Waals surface area contributed by atoms with Crippen LogP contribution in [0.1, 0.15) is 17.8 Å². The Labute approximate surface area is 128 Å². The number of fused-ring (bicyclic) bond motifs is 1. The van der Waals surface area contributed by atoms with Crippen LogP contribution in [0.25, 0.3) is 10.2 Å². The molecular formula is C15H21N3O2S. The summed E-state index contributed by atoms with van der Waals surface area (Å²) in [5.74, 6) is 1.90. The summed E-state index contributed by atoms with van der Waals surface area (Å²) in [6, 6.07) is 0. The van der Waals surface area contributed by atoms with Gasteiger partial charge < -0.3 is 14.4 Å². The van der Waals surface area contributed by atoms with E-state index in [9.17, 15) is 0 Å². The molecule has 0 spiro atoms. The van der Waals surface area contributed by atoms with Gasteiger partial charge in [-0.1, -0.05) is 0 Å². The van der Waals surface area contributed by atoms with E-state index in [1.54, 1.807) is 18.4 Å². The zero-order valence-electron chi connectivity index (χ0n) is 12.8. The molecule has 0 bridgehead atoms. The highest BCUT2D eigenvalue weighted by Gasteiger charge is 2.30. The summed E-state index contributed by atoms with van der Waals surface area (Å²) in [6.45, 7) is 7.43. The minimum Gasteiger partial charge on any atom is -0.385 e. The van der Waals surface area contributed by atoms with Crippen LogP contribution in [0.2, 0.25) is 0 Å². The first-order chi connectivity index (χ1) is 10.2. The van der Waals surface area contributed by atoms with Crippen LogP contribution in [0.3, 0.4) is 0 Å². The lowest BCUT2D eigenvalue weighted by Crippen LogP contribution is -2.53. The van der Waals surface area contributed by atoms with Gasteiger partial charge in [0.25, 0.3) is 0 Å². The molecule has 2 aromatic rings. The molecule has 0 aliphatic carbocycles. The maximum Gasteiger partial charge on any atom is 0.141 e. The summed E-state index contributed by atoms with van der Waals surface area (Å²) in [5, 5.41) is 3.35. The average Bonchev–Trinajstić information content (AvgIpc) is 2.77. The van der Waals surface area contributed by atoms with Crippen molar-refractivity contribution in [3.8, 4) is 0 Å². The maximum absolute atomic E-state index is 5.82. The fourth-order valence-electron chi connectivity index (χ4n) is 2.56. The van der Waals surface area contributed by atoms with Crippen molar-refractivity contribution in [1.82, 2.24) is 9.97 Å². The molecule has 2 aromatic heterocycles. The van der Waals surface area contributed by atoms with Crippen LogP contribution < -0.4 is 4.90 Å². The van der Waals surface area contributed by atoms with Crippen LogP contribution in [-0.2, 0) is 9.47 Å². The van der Waals surface area contributed by atoms with Gasteiger partial charge in [-0.2, -0.15) is 0 Å². The van der Waals surface area contributed by atoms with Gasteiger partial charge >= 0.3 is 0 Å². The molecule has 0 N–H and O–H groups in total. The first-order valence-corrected chi connectivity index (χ1v) is 8.15. The van der Waals surface area contributed by atoms with Crippen LogP contribution in [-0.4, -0.2) is 49.5 Å². The fourth-order valence-corrected chi connectivity index (χ4v) is 3.53. The van der Waals surface area contributed by atoms with Gasteiger partial charge in [0.05, 0.1) is 11.5 Å². The summed E-state index contributed by atoms with van der Waals surface area (Å²) in [6.07, 6.45) is 1.26. The SMILES string of the molecule is COCCCOC1CN(c2nc(C)nc3scc(C)c23)C1. The number of aryl methyl sites for hydroxylation is 2. The van der Waals surface area contributed by atoms with E-state index in [0.29, 0.717) is 6.10 Å². The first kappa shape index (κ1) is 14.7. The molecule has 0 radical (unpaired) electrons. The van der Waals surface area contributed by atoms with Gasteiger partial charge in [0, 0.05) is 33.4 Å². The number of aromatic nitrogens is 2. The summed E-state index contributed by atoms with van der Waals surface area (Å²) >= 11 is 1.69. The lowest BCUT2D eigenvalue weighted by Gasteiger charge is -2.40. The Hall–Kier alpha value is -1.24. The molecule has 1 fully saturated rings. The van der Waals surface area contributed by atoms with Crippen molar-refractivity contribution in [3.05, 3.63) is 16.8 Å². The van der Waals surface area contributed by atoms with Crippen molar-refractivity contribution in [2.24, 2.45) is 0 Å². The average molecular weight is 307 g/mol. The highest BCUT2D eigenvalue weighted by molar-refractivity contribution is 7.17. The van der Waals surface area contributed by atoms with Crippen molar-refractivity contribution in [3.63, 3.8) is 0 Å². The summed E-state index contributed by atoms with van der Waals surface area (Å²) in [7, 11) is 1.72. The topological polar surface area (TPSA) is 47.5 Å². The smallest absolute Gasteiger partial charge is 0.141 e. The number of ether oxygens (including phenoxy) is 2.